The molecule has 5 heteroatoms. The van der Waals surface area contributed by atoms with E-state index >= 15 is 0 Å². The first kappa shape index (κ1) is 11.5. The van der Waals surface area contributed by atoms with Gasteiger partial charge in [-0.15, -0.1) is 0 Å². The van der Waals surface area contributed by atoms with E-state index in [0.717, 1.165) is 37.0 Å². The van der Waals surface area contributed by atoms with Crippen molar-refractivity contribution in [2.24, 2.45) is 0 Å². The van der Waals surface area contributed by atoms with Gasteiger partial charge < -0.3 is 5.32 Å². The first-order valence-corrected chi connectivity index (χ1v) is 6.19. The van der Waals surface area contributed by atoms with E-state index in [4.69, 9.17) is 0 Å². The second-order valence-electron chi connectivity index (χ2n) is 2.88. The van der Waals surface area contributed by atoms with E-state index in [1.165, 1.54) is 0 Å². The lowest BCUT2D eigenvalue weighted by Gasteiger charge is -2.05. The van der Waals surface area contributed by atoms with Crippen LogP contribution in [0.4, 0.5) is 0 Å². The Kier molecular flexibility index (Phi) is 5.63. The SMILES string of the molecule is CCNCc1ncnn1CCSCC. The molecule has 0 aromatic carbocycles. The van der Waals surface area contributed by atoms with Crippen molar-refractivity contribution in [3.05, 3.63) is 12.2 Å². The lowest BCUT2D eigenvalue weighted by atomic mass is 10.5. The summed E-state index contributed by atoms with van der Waals surface area (Å²) < 4.78 is 1.98. The van der Waals surface area contributed by atoms with Crippen molar-refractivity contribution in [2.45, 2.75) is 26.9 Å². The van der Waals surface area contributed by atoms with Crippen LogP contribution in [-0.4, -0.2) is 32.8 Å². The normalized spacial score (nSPS) is 10.7. The van der Waals surface area contributed by atoms with E-state index in [1.807, 2.05) is 16.4 Å². The summed E-state index contributed by atoms with van der Waals surface area (Å²) in [5.41, 5.74) is 0. The molecule has 1 heterocycles. The first-order valence-electron chi connectivity index (χ1n) is 5.03. The minimum atomic E-state index is 0.813. The van der Waals surface area contributed by atoms with Gasteiger partial charge in [0.1, 0.15) is 12.2 Å². The Labute approximate surface area is 89.5 Å². The number of aromatic nitrogens is 3. The number of thioether (sulfide) groups is 1. The van der Waals surface area contributed by atoms with Gasteiger partial charge in [-0.05, 0) is 12.3 Å². The van der Waals surface area contributed by atoms with Crippen molar-refractivity contribution >= 4 is 11.8 Å². The molecule has 0 aliphatic heterocycles. The number of hydrogen-bond donors (Lipinski definition) is 1. The van der Waals surface area contributed by atoms with Crippen LogP contribution in [0, 0.1) is 0 Å². The molecular formula is C9H18N4S. The molecule has 1 aromatic heterocycles. The van der Waals surface area contributed by atoms with Crippen LogP contribution in [0.5, 0.6) is 0 Å². The molecule has 0 radical (unpaired) electrons. The van der Waals surface area contributed by atoms with Gasteiger partial charge in [-0.1, -0.05) is 13.8 Å². The topological polar surface area (TPSA) is 42.7 Å². The van der Waals surface area contributed by atoms with Gasteiger partial charge in [0.25, 0.3) is 0 Å². The third-order valence-corrected chi connectivity index (χ3v) is 2.76. The van der Waals surface area contributed by atoms with E-state index < -0.39 is 0 Å². The molecule has 1 rings (SSSR count). The lowest BCUT2D eigenvalue weighted by Crippen LogP contribution is -2.17. The van der Waals surface area contributed by atoms with Crippen molar-refractivity contribution in [1.29, 1.82) is 0 Å². The minimum absolute atomic E-state index is 0.813. The minimum Gasteiger partial charge on any atom is -0.310 e. The molecule has 0 spiro atoms. The van der Waals surface area contributed by atoms with Gasteiger partial charge >= 0.3 is 0 Å². The van der Waals surface area contributed by atoms with E-state index in [2.05, 4.69) is 29.2 Å². The van der Waals surface area contributed by atoms with Crippen LogP contribution in [-0.2, 0) is 13.1 Å². The van der Waals surface area contributed by atoms with Crippen LogP contribution >= 0.6 is 11.8 Å². The highest BCUT2D eigenvalue weighted by Gasteiger charge is 2.02. The van der Waals surface area contributed by atoms with Crippen LogP contribution in [0.15, 0.2) is 6.33 Å². The highest BCUT2D eigenvalue weighted by molar-refractivity contribution is 7.99. The van der Waals surface area contributed by atoms with Crippen molar-refractivity contribution in [3.8, 4) is 0 Å². The Bertz CT molecular complexity index is 249. The van der Waals surface area contributed by atoms with E-state index in [-0.39, 0.29) is 0 Å². The zero-order valence-corrected chi connectivity index (χ0v) is 9.68. The summed E-state index contributed by atoms with van der Waals surface area (Å²) in [5, 5.41) is 7.44. The third-order valence-electron chi connectivity index (χ3n) is 1.88. The number of aryl methyl sites for hydroxylation is 1. The fourth-order valence-corrected chi connectivity index (χ4v) is 1.73. The highest BCUT2D eigenvalue weighted by Crippen LogP contribution is 2.01. The Morgan fingerprint density at radius 2 is 2.36 bits per heavy atom. The highest BCUT2D eigenvalue weighted by atomic mass is 32.2. The van der Waals surface area contributed by atoms with Crippen LogP contribution in [0.3, 0.4) is 0 Å². The van der Waals surface area contributed by atoms with Gasteiger partial charge in [0, 0.05) is 5.75 Å². The van der Waals surface area contributed by atoms with Crippen molar-refractivity contribution < 1.29 is 0 Å². The summed E-state index contributed by atoms with van der Waals surface area (Å²) in [6, 6.07) is 0. The largest absolute Gasteiger partial charge is 0.310 e. The molecule has 0 saturated carbocycles. The molecule has 0 aliphatic carbocycles. The zero-order valence-electron chi connectivity index (χ0n) is 8.86. The molecule has 80 valence electrons. The second-order valence-corrected chi connectivity index (χ2v) is 4.27. The summed E-state index contributed by atoms with van der Waals surface area (Å²) in [6.07, 6.45) is 1.63. The third kappa shape index (κ3) is 3.67. The summed E-state index contributed by atoms with van der Waals surface area (Å²) >= 11 is 1.93. The van der Waals surface area contributed by atoms with E-state index in [1.54, 1.807) is 6.33 Å². The van der Waals surface area contributed by atoms with Crippen molar-refractivity contribution in [1.82, 2.24) is 20.1 Å². The van der Waals surface area contributed by atoms with E-state index in [0.29, 0.717) is 0 Å². The molecule has 0 fully saturated rings. The number of nitrogens with one attached hydrogen (secondary N) is 1. The second kappa shape index (κ2) is 6.84. The lowest BCUT2D eigenvalue weighted by molar-refractivity contribution is 0.584. The first-order chi connectivity index (χ1) is 6.88. The molecule has 0 atom stereocenters. The predicted octanol–water partition coefficient (Wildman–Crippen LogP) is 1.14. The van der Waals surface area contributed by atoms with Gasteiger partial charge in [-0.2, -0.15) is 16.9 Å². The fourth-order valence-electron chi connectivity index (χ4n) is 1.14. The Morgan fingerprint density at radius 3 is 3.07 bits per heavy atom. The maximum atomic E-state index is 4.21. The number of nitrogens with zero attached hydrogens (tertiary/aromatic N) is 3. The summed E-state index contributed by atoms with van der Waals surface area (Å²) in [4.78, 5) is 4.21. The van der Waals surface area contributed by atoms with Crippen molar-refractivity contribution in [3.63, 3.8) is 0 Å². The monoisotopic (exact) mass is 214 g/mol. The van der Waals surface area contributed by atoms with Gasteiger partial charge in [-0.25, -0.2) is 9.67 Å². The van der Waals surface area contributed by atoms with Gasteiger partial charge in [0.05, 0.1) is 13.1 Å². The van der Waals surface area contributed by atoms with Gasteiger partial charge in [0.15, 0.2) is 0 Å². The standard InChI is InChI=1S/C9H18N4S/c1-3-10-7-9-11-8-12-13(9)5-6-14-4-2/h8,10H,3-7H2,1-2H3. The van der Waals surface area contributed by atoms with Crippen LogP contribution < -0.4 is 5.32 Å². The average molecular weight is 214 g/mol. The quantitative estimate of drug-likeness (QED) is 0.691. The summed E-state index contributed by atoms with van der Waals surface area (Å²) in [5.74, 6) is 3.31. The van der Waals surface area contributed by atoms with Gasteiger partial charge in [0.2, 0.25) is 0 Å². The Morgan fingerprint density at radius 1 is 1.50 bits per heavy atom. The average Bonchev–Trinajstić information content (AvgIpc) is 2.63. The van der Waals surface area contributed by atoms with Gasteiger partial charge in [-0.3, -0.25) is 0 Å². The predicted molar refractivity (Wildman–Crippen MR) is 60.4 cm³/mol. The molecule has 1 N–H and O–H groups in total. The molecule has 0 unspecified atom stereocenters. The number of hydrogen-bond acceptors (Lipinski definition) is 4. The molecular weight excluding hydrogens is 196 g/mol. The molecule has 14 heavy (non-hydrogen) atoms. The maximum absolute atomic E-state index is 4.21. The van der Waals surface area contributed by atoms with Crippen LogP contribution in [0.25, 0.3) is 0 Å². The maximum Gasteiger partial charge on any atom is 0.140 e. The molecule has 0 saturated heterocycles. The van der Waals surface area contributed by atoms with E-state index in [9.17, 15) is 0 Å². The molecule has 1 aromatic rings. The Balaban J connectivity index is 2.37. The fraction of sp³-hybridized carbons (Fsp3) is 0.778. The summed E-state index contributed by atoms with van der Waals surface area (Å²) in [6.45, 7) is 7.00. The smallest absolute Gasteiger partial charge is 0.140 e. The molecule has 0 aliphatic rings. The zero-order chi connectivity index (χ0) is 10.2. The Hall–Kier alpha value is -0.550. The number of rotatable bonds is 7. The van der Waals surface area contributed by atoms with Crippen LogP contribution in [0.2, 0.25) is 0 Å². The summed E-state index contributed by atoms with van der Waals surface area (Å²) in [7, 11) is 0. The van der Waals surface area contributed by atoms with Crippen molar-refractivity contribution in [2.75, 3.05) is 18.1 Å². The molecule has 0 bridgehead atoms. The molecule has 4 nitrogen and oxygen atoms in total. The molecule has 0 amide bonds. The van der Waals surface area contributed by atoms with Crippen LogP contribution in [0.1, 0.15) is 19.7 Å².